The van der Waals surface area contributed by atoms with Crippen LogP contribution in [0.3, 0.4) is 0 Å². The van der Waals surface area contributed by atoms with Crippen LogP contribution < -0.4 is 66.6 Å². The van der Waals surface area contributed by atoms with Crippen LogP contribution >= 0.6 is 0 Å². The third kappa shape index (κ3) is 6.38. The number of anilines is 1. The fourth-order valence-electron chi connectivity index (χ4n) is 2.40. The molecule has 0 aliphatic carbocycles. The second kappa shape index (κ2) is 9.72. The van der Waals surface area contributed by atoms with E-state index in [2.05, 4.69) is 5.32 Å². The van der Waals surface area contributed by atoms with Gasteiger partial charge in [-0.15, -0.1) is 0 Å². The molecule has 3 rings (SSSR count). The molecule has 1 heterocycles. The average molecular weight is 463 g/mol. The van der Waals surface area contributed by atoms with Crippen LogP contribution in [0.1, 0.15) is 5.76 Å². The molecule has 0 saturated heterocycles. The van der Waals surface area contributed by atoms with Crippen LogP contribution in [-0.4, -0.2) is 21.4 Å². The Labute approximate surface area is 210 Å². The molecular formula is C17H15KN2O7S2. The summed E-state index contributed by atoms with van der Waals surface area (Å²) in [6.45, 7) is 0.0506. The first kappa shape index (κ1) is 24.0. The van der Waals surface area contributed by atoms with Gasteiger partial charge in [0.1, 0.15) is 32.3 Å². The number of hydrogen-bond donors (Lipinski definition) is 2. The molecule has 148 valence electrons. The van der Waals surface area contributed by atoms with E-state index < -0.39 is 29.9 Å². The van der Waals surface area contributed by atoms with Gasteiger partial charge in [0.2, 0.25) is 10.0 Å². The first-order valence-corrected chi connectivity index (χ1v) is 10.8. The van der Waals surface area contributed by atoms with Crippen molar-refractivity contribution >= 4 is 25.8 Å². The number of nitrogens with two attached hydrogens (primary N) is 1. The maximum atomic E-state index is 11.9. The van der Waals surface area contributed by atoms with Gasteiger partial charge in [-0.1, -0.05) is 18.2 Å². The van der Waals surface area contributed by atoms with Crippen LogP contribution in [-0.2, 0) is 26.7 Å². The van der Waals surface area contributed by atoms with Crippen LogP contribution in [0.2, 0.25) is 0 Å². The minimum atomic E-state index is -5.02. The number of benzene rings is 2. The molecule has 12 heteroatoms. The number of primary sulfonamides is 1. The molecule has 29 heavy (non-hydrogen) atoms. The Kier molecular flexibility index (Phi) is 8.06. The molecule has 0 unspecified atom stereocenters. The number of ether oxygens (including phenoxy) is 1. The van der Waals surface area contributed by atoms with E-state index in [0.29, 0.717) is 17.6 Å². The average Bonchev–Trinajstić information content (AvgIpc) is 3.12. The van der Waals surface area contributed by atoms with Gasteiger partial charge in [0.15, 0.2) is 0 Å². The van der Waals surface area contributed by atoms with Crippen molar-refractivity contribution in [3.63, 3.8) is 0 Å². The van der Waals surface area contributed by atoms with Crippen LogP contribution in [0, 0.1) is 0 Å². The van der Waals surface area contributed by atoms with E-state index in [1.54, 1.807) is 42.5 Å². The second-order valence-electron chi connectivity index (χ2n) is 5.64. The van der Waals surface area contributed by atoms with E-state index in [4.69, 9.17) is 14.3 Å². The van der Waals surface area contributed by atoms with Crippen LogP contribution in [0.5, 0.6) is 11.5 Å². The van der Waals surface area contributed by atoms with Gasteiger partial charge < -0.3 is 19.0 Å². The van der Waals surface area contributed by atoms with Crippen molar-refractivity contribution in [1.82, 2.24) is 0 Å². The number of nitrogens with one attached hydrogen (secondary N) is 1. The number of furan rings is 1. The summed E-state index contributed by atoms with van der Waals surface area (Å²) < 4.78 is 69.6. The number of para-hydroxylation sites is 1. The summed E-state index contributed by atoms with van der Waals surface area (Å²) in [5, 5.41) is 7.92. The zero-order valence-corrected chi connectivity index (χ0v) is 20.0. The van der Waals surface area contributed by atoms with Gasteiger partial charge in [-0.05, 0) is 30.3 Å². The Morgan fingerprint density at radius 2 is 1.69 bits per heavy atom. The summed E-state index contributed by atoms with van der Waals surface area (Å²) in [5.74, 6) is 0.528. The van der Waals surface area contributed by atoms with Gasteiger partial charge in [-0.3, -0.25) is 0 Å². The molecule has 0 amide bonds. The minimum absolute atomic E-state index is 0. The number of sulfonamides is 1. The Morgan fingerprint density at radius 3 is 2.24 bits per heavy atom. The van der Waals surface area contributed by atoms with E-state index in [0.717, 1.165) is 6.07 Å². The monoisotopic (exact) mass is 462 g/mol. The summed E-state index contributed by atoms with van der Waals surface area (Å²) in [7, 11) is -9.40. The van der Waals surface area contributed by atoms with E-state index in [1.165, 1.54) is 6.26 Å². The molecule has 0 aliphatic rings. The molecule has 0 aliphatic heterocycles. The van der Waals surface area contributed by atoms with Gasteiger partial charge in [-0.2, -0.15) is 0 Å². The predicted molar refractivity (Wildman–Crippen MR) is 98.3 cm³/mol. The largest absolute Gasteiger partial charge is 1.00 e. The summed E-state index contributed by atoms with van der Waals surface area (Å²) in [6, 6.07) is 13.3. The normalized spacial score (nSPS) is 11.5. The molecule has 9 nitrogen and oxygen atoms in total. The predicted octanol–water partition coefficient (Wildman–Crippen LogP) is -0.761. The zero-order chi connectivity index (χ0) is 20.4. The van der Waals surface area contributed by atoms with Crippen molar-refractivity contribution in [2.24, 2.45) is 5.14 Å². The molecule has 0 bridgehead atoms. The minimum Gasteiger partial charge on any atom is -0.744 e. The van der Waals surface area contributed by atoms with Gasteiger partial charge in [-0.25, -0.2) is 22.0 Å². The Balaban J connectivity index is 0.00000300. The molecular weight excluding hydrogens is 447 g/mol. The van der Waals surface area contributed by atoms with E-state index >= 15 is 0 Å². The smallest absolute Gasteiger partial charge is 0.744 e. The van der Waals surface area contributed by atoms with E-state index in [-0.39, 0.29) is 69.4 Å². The topological polar surface area (TPSA) is 152 Å². The first-order chi connectivity index (χ1) is 13.1. The summed E-state index contributed by atoms with van der Waals surface area (Å²) >= 11 is 0. The molecule has 0 spiro atoms. The summed E-state index contributed by atoms with van der Waals surface area (Å²) in [4.78, 5) is -1.40. The van der Waals surface area contributed by atoms with Crippen molar-refractivity contribution in [3.05, 3.63) is 66.6 Å². The SMILES string of the molecule is NS(=O)(=O)c1cc(S(=O)(=O)[O-])c(NCc2ccco2)cc1Oc1ccccc1.[K+]. The molecule has 3 aromatic rings. The van der Waals surface area contributed by atoms with Gasteiger partial charge in [0.25, 0.3) is 0 Å². The molecule has 3 N–H and O–H groups in total. The van der Waals surface area contributed by atoms with Crippen LogP contribution in [0.15, 0.2) is 75.1 Å². The molecule has 0 fully saturated rings. The fourth-order valence-corrected chi connectivity index (χ4v) is 3.80. The fraction of sp³-hybridized carbons (Fsp3) is 0.0588. The quantitative estimate of drug-likeness (QED) is 0.343. The van der Waals surface area contributed by atoms with Crippen LogP contribution in [0.4, 0.5) is 5.69 Å². The molecule has 0 saturated carbocycles. The number of hydrogen-bond acceptors (Lipinski definition) is 8. The van der Waals surface area contributed by atoms with Gasteiger partial charge in [0.05, 0.1) is 23.4 Å². The van der Waals surface area contributed by atoms with Gasteiger partial charge >= 0.3 is 51.4 Å². The molecule has 1 aromatic heterocycles. The van der Waals surface area contributed by atoms with Crippen molar-refractivity contribution < 1.29 is 81.9 Å². The maximum Gasteiger partial charge on any atom is 1.00 e. The second-order valence-corrected chi connectivity index (χ2v) is 8.52. The Morgan fingerprint density at radius 1 is 1.00 bits per heavy atom. The molecule has 0 radical (unpaired) electrons. The molecule has 2 aromatic carbocycles. The third-order valence-corrected chi connectivity index (χ3v) is 5.43. The maximum absolute atomic E-state index is 11.9. The standard InChI is InChI=1S/C17H16N2O7S2.K/c18-27(20,21)17-10-16(28(22,23)24)14(19-11-13-7-4-8-25-13)9-15(17)26-12-5-2-1-3-6-12;/h1-10,19H,11H2,(H2,18,20,21)(H,22,23,24);/q;+1/p-1. The van der Waals surface area contributed by atoms with E-state index in [9.17, 15) is 21.4 Å². The van der Waals surface area contributed by atoms with Crippen LogP contribution in [0.25, 0.3) is 0 Å². The van der Waals surface area contributed by atoms with Crippen molar-refractivity contribution in [2.45, 2.75) is 16.3 Å². The van der Waals surface area contributed by atoms with Crippen molar-refractivity contribution in [1.29, 1.82) is 0 Å². The van der Waals surface area contributed by atoms with Crippen molar-refractivity contribution in [2.75, 3.05) is 5.32 Å². The van der Waals surface area contributed by atoms with E-state index in [1.807, 2.05) is 0 Å². The Bertz CT molecular complexity index is 1180. The Hall–Kier alpha value is -1.22. The van der Waals surface area contributed by atoms with Crippen molar-refractivity contribution in [3.8, 4) is 11.5 Å². The third-order valence-electron chi connectivity index (χ3n) is 3.63. The first-order valence-electron chi connectivity index (χ1n) is 7.80. The van der Waals surface area contributed by atoms with Gasteiger partial charge in [0, 0.05) is 6.07 Å². The summed E-state index contributed by atoms with van der Waals surface area (Å²) in [6.07, 6.45) is 1.43. The number of rotatable bonds is 7. The zero-order valence-electron chi connectivity index (χ0n) is 15.2. The summed E-state index contributed by atoms with van der Waals surface area (Å²) in [5.41, 5.74) is -0.148. The molecule has 0 atom stereocenters.